The molecule has 1 atom stereocenters. The maximum atomic E-state index is 5.54. The molecule has 0 saturated carbocycles. The molecule has 0 unspecified atom stereocenters. The van der Waals surface area contributed by atoms with Crippen LogP contribution in [0.15, 0.2) is 66.0 Å². The number of piperazine rings is 1. The second kappa shape index (κ2) is 9.54. The molecule has 1 saturated heterocycles. The van der Waals surface area contributed by atoms with Crippen molar-refractivity contribution in [1.82, 2.24) is 30.0 Å². The summed E-state index contributed by atoms with van der Waals surface area (Å²) < 4.78 is 12.9. The van der Waals surface area contributed by atoms with Gasteiger partial charge in [0.15, 0.2) is 17.3 Å². The van der Waals surface area contributed by atoms with Gasteiger partial charge in [-0.05, 0) is 45.1 Å². The summed E-state index contributed by atoms with van der Waals surface area (Å²) in [5.74, 6) is 2.58. The van der Waals surface area contributed by atoms with Crippen LogP contribution in [0, 0.1) is 0 Å². The fourth-order valence-corrected chi connectivity index (χ4v) is 5.53. The fourth-order valence-electron chi connectivity index (χ4n) is 4.67. The standard InChI is InChI=1S/C25H26N6O2S/c1-2-5-19(6-3-1)17-31-25(26-27-28-31)24(23-7-4-14-34-23)30-12-10-29(11-13-30)16-20-8-9-21-22(15-20)33-18-32-21/h1-9,14-15,24H,10-13,16-18H2/t24-/m1/s1. The van der Waals surface area contributed by atoms with Gasteiger partial charge in [-0.25, -0.2) is 4.68 Å². The topological polar surface area (TPSA) is 68.5 Å². The van der Waals surface area contributed by atoms with Crippen molar-refractivity contribution < 1.29 is 9.47 Å². The third kappa shape index (κ3) is 4.42. The smallest absolute Gasteiger partial charge is 0.231 e. The van der Waals surface area contributed by atoms with E-state index in [1.807, 2.05) is 16.8 Å². The summed E-state index contributed by atoms with van der Waals surface area (Å²) in [6.45, 7) is 5.74. The number of thiophene rings is 1. The maximum absolute atomic E-state index is 5.54. The zero-order chi connectivity index (χ0) is 22.7. The minimum absolute atomic E-state index is 0.0476. The molecule has 2 aliphatic heterocycles. The molecule has 4 aromatic rings. The summed E-state index contributed by atoms with van der Waals surface area (Å²) in [7, 11) is 0. The van der Waals surface area contributed by atoms with Crippen LogP contribution in [0.4, 0.5) is 0 Å². The Labute approximate surface area is 202 Å². The van der Waals surface area contributed by atoms with Crippen LogP contribution in [0.5, 0.6) is 11.5 Å². The lowest BCUT2D eigenvalue weighted by Crippen LogP contribution is -2.47. The number of tetrazole rings is 1. The lowest BCUT2D eigenvalue weighted by Gasteiger charge is -2.38. The van der Waals surface area contributed by atoms with Crippen molar-refractivity contribution in [2.45, 2.75) is 19.1 Å². The van der Waals surface area contributed by atoms with E-state index in [-0.39, 0.29) is 6.04 Å². The average Bonchev–Trinajstić information content (AvgIpc) is 3.64. The van der Waals surface area contributed by atoms with E-state index in [4.69, 9.17) is 9.47 Å². The van der Waals surface area contributed by atoms with Crippen molar-refractivity contribution >= 4 is 11.3 Å². The van der Waals surface area contributed by atoms with Crippen LogP contribution in [-0.4, -0.2) is 63.0 Å². The zero-order valence-corrected chi connectivity index (χ0v) is 19.6. The van der Waals surface area contributed by atoms with Crippen LogP contribution < -0.4 is 9.47 Å². The Bertz CT molecular complexity index is 1220. The molecule has 6 rings (SSSR count). The van der Waals surface area contributed by atoms with Gasteiger partial charge in [-0.3, -0.25) is 9.80 Å². The number of aromatic nitrogens is 4. The van der Waals surface area contributed by atoms with Crippen molar-refractivity contribution in [2.24, 2.45) is 0 Å². The minimum Gasteiger partial charge on any atom is -0.454 e. The number of hydrogen-bond donors (Lipinski definition) is 0. The molecule has 2 aliphatic rings. The van der Waals surface area contributed by atoms with Crippen LogP contribution in [0.25, 0.3) is 0 Å². The Balaban J connectivity index is 1.17. The Morgan fingerprint density at radius 1 is 0.853 bits per heavy atom. The van der Waals surface area contributed by atoms with Crippen LogP contribution >= 0.6 is 11.3 Å². The third-order valence-corrected chi connectivity index (χ3v) is 7.33. The van der Waals surface area contributed by atoms with E-state index in [1.54, 1.807) is 11.3 Å². The summed E-state index contributed by atoms with van der Waals surface area (Å²) in [6, 6.07) is 20.9. The van der Waals surface area contributed by atoms with Crippen LogP contribution in [0.2, 0.25) is 0 Å². The molecule has 0 amide bonds. The van der Waals surface area contributed by atoms with E-state index >= 15 is 0 Å². The van der Waals surface area contributed by atoms with Crippen molar-refractivity contribution in [3.63, 3.8) is 0 Å². The molecule has 8 nitrogen and oxygen atoms in total. The van der Waals surface area contributed by atoms with Gasteiger partial charge < -0.3 is 9.47 Å². The second-order valence-corrected chi connectivity index (χ2v) is 9.58. The van der Waals surface area contributed by atoms with Gasteiger partial charge in [0.2, 0.25) is 6.79 Å². The molecule has 2 aromatic carbocycles. The Kier molecular flexibility index (Phi) is 5.97. The summed E-state index contributed by atoms with van der Waals surface area (Å²) in [6.07, 6.45) is 0. The molecular weight excluding hydrogens is 448 g/mol. The zero-order valence-electron chi connectivity index (χ0n) is 18.8. The Morgan fingerprint density at radius 2 is 1.71 bits per heavy atom. The molecule has 34 heavy (non-hydrogen) atoms. The van der Waals surface area contributed by atoms with E-state index in [2.05, 4.69) is 79.2 Å². The van der Waals surface area contributed by atoms with Gasteiger partial charge in [0.1, 0.15) is 6.04 Å². The first kappa shape index (κ1) is 21.3. The highest BCUT2D eigenvalue weighted by Crippen LogP contribution is 2.34. The first-order chi connectivity index (χ1) is 16.8. The highest BCUT2D eigenvalue weighted by molar-refractivity contribution is 7.10. The highest BCUT2D eigenvalue weighted by atomic mass is 32.1. The molecule has 9 heteroatoms. The van der Waals surface area contributed by atoms with Gasteiger partial charge in [0, 0.05) is 37.6 Å². The molecule has 0 radical (unpaired) electrons. The number of benzene rings is 2. The van der Waals surface area contributed by atoms with Gasteiger partial charge in [-0.15, -0.1) is 16.4 Å². The predicted octanol–water partition coefficient (Wildman–Crippen LogP) is 3.42. The van der Waals surface area contributed by atoms with Crippen LogP contribution in [-0.2, 0) is 13.1 Å². The van der Waals surface area contributed by atoms with E-state index in [9.17, 15) is 0 Å². The molecule has 174 valence electrons. The summed E-state index contributed by atoms with van der Waals surface area (Å²) in [5, 5.41) is 15.0. The molecular formula is C25H26N6O2S. The number of nitrogens with zero attached hydrogens (tertiary/aromatic N) is 6. The molecule has 1 fully saturated rings. The second-order valence-electron chi connectivity index (χ2n) is 8.60. The average molecular weight is 475 g/mol. The van der Waals surface area contributed by atoms with Crippen molar-refractivity contribution in [2.75, 3.05) is 33.0 Å². The first-order valence-corrected chi connectivity index (χ1v) is 12.4. The lowest BCUT2D eigenvalue weighted by atomic mass is 10.1. The van der Waals surface area contributed by atoms with Crippen molar-refractivity contribution in [3.8, 4) is 11.5 Å². The maximum Gasteiger partial charge on any atom is 0.231 e. The number of rotatable bonds is 7. The third-order valence-electron chi connectivity index (χ3n) is 6.41. The largest absolute Gasteiger partial charge is 0.454 e. The lowest BCUT2D eigenvalue weighted by molar-refractivity contribution is 0.101. The quantitative estimate of drug-likeness (QED) is 0.407. The van der Waals surface area contributed by atoms with Gasteiger partial charge in [-0.2, -0.15) is 0 Å². The molecule has 0 bridgehead atoms. The van der Waals surface area contributed by atoms with E-state index in [1.165, 1.54) is 16.0 Å². The summed E-state index contributed by atoms with van der Waals surface area (Å²) in [5.41, 5.74) is 2.44. The first-order valence-electron chi connectivity index (χ1n) is 11.5. The normalized spacial score (nSPS) is 17.2. The number of hydrogen-bond acceptors (Lipinski definition) is 8. The summed E-state index contributed by atoms with van der Waals surface area (Å²) >= 11 is 1.76. The number of ether oxygens (including phenoxy) is 2. The van der Waals surface area contributed by atoms with Gasteiger partial charge in [0.25, 0.3) is 0 Å². The molecule has 0 spiro atoms. The van der Waals surface area contributed by atoms with E-state index in [0.29, 0.717) is 13.3 Å². The van der Waals surface area contributed by atoms with Crippen molar-refractivity contribution in [1.29, 1.82) is 0 Å². The minimum atomic E-state index is 0.0476. The van der Waals surface area contributed by atoms with Gasteiger partial charge >= 0.3 is 0 Å². The highest BCUT2D eigenvalue weighted by Gasteiger charge is 2.31. The van der Waals surface area contributed by atoms with Gasteiger partial charge in [-0.1, -0.05) is 42.5 Å². The van der Waals surface area contributed by atoms with E-state index in [0.717, 1.165) is 50.0 Å². The number of fused-ring (bicyclic) bond motifs is 1. The molecule has 4 heterocycles. The van der Waals surface area contributed by atoms with E-state index < -0.39 is 0 Å². The SMILES string of the molecule is c1ccc(Cn2nnnc2[C@@H](c2cccs2)N2CCN(Cc3ccc4c(c3)OCO4)CC2)cc1. The van der Waals surface area contributed by atoms with Gasteiger partial charge in [0.05, 0.1) is 6.54 Å². The fraction of sp³-hybridized carbons (Fsp3) is 0.320. The van der Waals surface area contributed by atoms with Crippen LogP contribution in [0.3, 0.4) is 0 Å². The van der Waals surface area contributed by atoms with Crippen LogP contribution in [0.1, 0.15) is 27.9 Å². The monoisotopic (exact) mass is 474 g/mol. The van der Waals surface area contributed by atoms with Crippen molar-refractivity contribution in [3.05, 3.63) is 87.9 Å². The molecule has 0 N–H and O–H groups in total. The molecule has 0 aliphatic carbocycles. The Hall–Kier alpha value is -3.27. The molecule has 2 aromatic heterocycles. The summed E-state index contributed by atoms with van der Waals surface area (Å²) in [4.78, 5) is 6.27. The predicted molar refractivity (Wildman–Crippen MR) is 129 cm³/mol. The Morgan fingerprint density at radius 3 is 2.53 bits per heavy atom.